The van der Waals surface area contributed by atoms with Gasteiger partial charge in [-0.05, 0) is 19.3 Å². The maximum atomic E-state index is 11.8. The zero-order valence-electron chi connectivity index (χ0n) is 15.0. The summed E-state index contributed by atoms with van der Waals surface area (Å²) in [6.07, 6.45) is 3.99. The molecule has 0 heterocycles. The van der Waals surface area contributed by atoms with E-state index in [2.05, 4.69) is 6.92 Å². The van der Waals surface area contributed by atoms with Gasteiger partial charge in [-0.3, -0.25) is 4.79 Å². The van der Waals surface area contributed by atoms with Crippen LogP contribution in [0.5, 0.6) is 0 Å². The van der Waals surface area contributed by atoms with E-state index in [1.54, 1.807) is 0 Å². The molecule has 6 nitrogen and oxygen atoms in total. The molecule has 0 saturated carbocycles. The Labute approximate surface area is 140 Å². The van der Waals surface area contributed by atoms with Crippen molar-refractivity contribution < 1.29 is 29.0 Å². The van der Waals surface area contributed by atoms with Crippen LogP contribution >= 0.6 is 0 Å². The molecule has 6 heteroatoms. The first-order valence-corrected chi connectivity index (χ1v) is 8.52. The van der Waals surface area contributed by atoms with Crippen LogP contribution in [0.15, 0.2) is 0 Å². The van der Waals surface area contributed by atoms with Gasteiger partial charge in [-0.1, -0.05) is 26.2 Å². The number of unbranched alkanes of at least 4 members (excludes halogenated alkanes) is 2. The van der Waals surface area contributed by atoms with Gasteiger partial charge in [0.2, 0.25) is 0 Å². The lowest BCUT2D eigenvalue weighted by Gasteiger charge is -2.29. The van der Waals surface area contributed by atoms with Crippen molar-refractivity contribution in [1.82, 2.24) is 0 Å². The molecular weight excluding hydrogens is 298 g/mol. The lowest BCUT2D eigenvalue weighted by atomic mass is 10.1. The lowest BCUT2D eigenvalue weighted by Crippen LogP contribution is -2.45. The summed E-state index contributed by atoms with van der Waals surface area (Å²) in [5.41, 5.74) is 0. The van der Waals surface area contributed by atoms with Gasteiger partial charge in [-0.15, -0.1) is 0 Å². The molecule has 2 unspecified atom stereocenters. The van der Waals surface area contributed by atoms with E-state index in [1.165, 1.54) is 0 Å². The van der Waals surface area contributed by atoms with Crippen molar-refractivity contribution in [2.24, 2.45) is 0 Å². The number of carboxylic acid groups (broad SMARTS) is 1. The highest BCUT2D eigenvalue weighted by Gasteiger charge is 2.22. The third-order valence-electron chi connectivity index (χ3n) is 3.50. The van der Waals surface area contributed by atoms with E-state index in [4.69, 9.17) is 4.74 Å². The average molecular weight is 331 g/mol. The maximum Gasteiger partial charge on any atom is 0.306 e. The fraction of sp³-hybridized carbons (Fsp3) is 0.882. The van der Waals surface area contributed by atoms with E-state index in [-0.39, 0.29) is 24.9 Å². The van der Waals surface area contributed by atoms with Gasteiger partial charge in [0.25, 0.3) is 0 Å². The van der Waals surface area contributed by atoms with Gasteiger partial charge in [0, 0.05) is 18.8 Å². The number of quaternary nitrogens is 1. The fourth-order valence-corrected chi connectivity index (χ4v) is 2.42. The normalized spacial score (nSPS) is 14.3. The van der Waals surface area contributed by atoms with Crippen molar-refractivity contribution in [3.8, 4) is 0 Å². The van der Waals surface area contributed by atoms with Gasteiger partial charge in [-0.2, -0.15) is 0 Å². The molecule has 0 spiro atoms. The molecule has 0 bridgehead atoms. The van der Waals surface area contributed by atoms with E-state index in [9.17, 15) is 19.8 Å². The smallest absolute Gasteiger partial charge is 0.306 e. The molecule has 1 N–H and O–H groups in total. The highest BCUT2D eigenvalue weighted by molar-refractivity contribution is 5.70. The number of hydrogen-bond acceptors (Lipinski definition) is 5. The van der Waals surface area contributed by atoms with Crippen LogP contribution < -0.4 is 5.11 Å². The van der Waals surface area contributed by atoms with Crippen molar-refractivity contribution in [3.63, 3.8) is 0 Å². The molecule has 0 saturated heterocycles. The molecule has 0 aliphatic carbocycles. The van der Waals surface area contributed by atoms with Gasteiger partial charge in [0.05, 0.1) is 27.2 Å². The molecule has 0 aliphatic heterocycles. The summed E-state index contributed by atoms with van der Waals surface area (Å²) in [4.78, 5) is 22.6. The Bertz CT molecular complexity index is 351. The molecule has 23 heavy (non-hydrogen) atoms. The number of aliphatic hydroxyl groups excluding tert-OH is 1. The predicted octanol–water partition coefficient (Wildman–Crippen LogP) is 0.856. The van der Waals surface area contributed by atoms with E-state index in [0.29, 0.717) is 23.9 Å². The third kappa shape index (κ3) is 14.2. The zero-order valence-corrected chi connectivity index (χ0v) is 15.0. The number of esters is 1. The second kappa shape index (κ2) is 11.4. The van der Waals surface area contributed by atoms with Crippen LogP contribution in [-0.2, 0) is 14.3 Å². The number of ether oxygens (including phenoxy) is 1. The number of aliphatic hydroxyl groups is 1. The Morgan fingerprint density at radius 3 is 2.26 bits per heavy atom. The summed E-state index contributed by atoms with van der Waals surface area (Å²) in [5, 5.41) is 20.5. The summed E-state index contributed by atoms with van der Waals surface area (Å²) < 4.78 is 5.78. The highest BCUT2D eigenvalue weighted by Crippen LogP contribution is 2.11. The standard InChI is InChI=1S/C17H33NO5/c1-5-6-9-14(19)10-7-8-11-17(22)23-15(12-16(20)21)13-18(2,3)4/h14-15,19H,5-13H2,1-4H3. The Hall–Kier alpha value is -1.14. The number of likely N-dealkylation sites (N-methyl/N-ethyl adjacent to an activating group) is 1. The van der Waals surface area contributed by atoms with Crippen LogP contribution in [0.4, 0.5) is 0 Å². The number of rotatable bonds is 13. The van der Waals surface area contributed by atoms with Crippen molar-refractivity contribution in [2.75, 3.05) is 27.7 Å². The first-order chi connectivity index (χ1) is 10.6. The van der Waals surface area contributed by atoms with Gasteiger partial charge in [-0.25, -0.2) is 0 Å². The minimum atomic E-state index is -1.21. The third-order valence-corrected chi connectivity index (χ3v) is 3.50. The Balaban J connectivity index is 4.05. The maximum absolute atomic E-state index is 11.8. The molecule has 2 atom stereocenters. The van der Waals surface area contributed by atoms with Crippen LogP contribution in [0.2, 0.25) is 0 Å². The highest BCUT2D eigenvalue weighted by atomic mass is 16.5. The molecule has 0 aromatic rings. The molecule has 0 amide bonds. The largest absolute Gasteiger partial charge is 0.550 e. The van der Waals surface area contributed by atoms with E-state index in [0.717, 1.165) is 25.7 Å². The zero-order chi connectivity index (χ0) is 17.9. The first-order valence-electron chi connectivity index (χ1n) is 8.52. The number of carboxylic acids is 1. The van der Waals surface area contributed by atoms with Crippen molar-refractivity contribution in [2.45, 2.75) is 70.5 Å². The van der Waals surface area contributed by atoms with Crippen molar-refractivity contribution in [1.29, 1.82) is 0 Å². The van der Waals surface area contributed by atoms with Crippen LogP contribution in [0.3, 0.4) is 0 Å². The monoisotopic (exact) mass is 331 g/mol. The summed E-state index contributed by atoms with van der Waals surface area (Å²) in [5.74, 6) is -1.59. The summed E-state index contributed by atoms with van der Waals surface area (Å²) in [6, 6.07) is 0. The number of aliphatic carboxylic acids is 1. The molecule has 0 aromatic carbocycles. The number of hydrogen-bond donors (Lipinski definition) is 1. The number of nitrogens with zero attached hydrogens (tertiary/aromatic N) is 1. The van der Waals surface area contributed by atoms with Crippen molar-refractivity contribution in [3.05, 3.63) is 0 Å². The lowest BCUT2D eigenvalue weighted by molar-refractivity contribution is -0.873. The van der Waals surface area contributed by atoms with Gasteiger partial charge in [0.15, 0.2) is 6.10 Å². The Morgan fingerprint density at radius 1 is 1.13 bits per heavy atom. The van der Waals surface area contributed by atoms with Gasteiger partial charge >= 0.3 is 5.97 Å². The Morgan fingerprint density at radius 2 is 1.74 bits per heavy atom. The molecule has 0 rings (SSSR count). The SMILES string of the molecule is CCCCC(O)CCCCC(=O)OC(CC(=O)[O-])C[N+](C)(C)C. The van der Waals surface area contributed by atoms with Gasteiger partial charge < -0.3 is 24.2 Å². The predicted molar refractivity (Wildman–Crippen MR) is 86.4 cm³/mol. The van der Waals surface area contributed by atoms with E-state index < -0.39 is 12.1 Å². The minimum absolute atomic E-state index is 0.251. The van der Waals surface area contributed by atoms with Crippen LogP contribution in [-0.4, -0.2) is 61.4 Å². The van der Waals surface area contributed by atoms with Crippen molar-refractivity contribution >= 4 is 11.9 Å². The summed E-state index contributed by atoms with van der Waals surface area (Å²) in [6.45, 7) is 2.51. The Kier molecular flexibility index (Phi) is 10.8. The molecule has 0 fully saturated rings. The van der Waals surface area contributed by atoms with E-state index >= 15 is 0 Å². The first kappa shape index (κ1) is 21.9. The molecule has 0 aromatic heterocycles. The number of carbonyl (C=O) groups excluding carboxylic acids is 2. The average Bonchev–Trinajstić information content (AvgIpc) is 2.38. The summed E-state index contributed by atoms with van der Waals surface area (Å²) >= 11 is 0. The summed E-state index contributed by atoms with van der Waals surface area (Å²) in [7, 11) is 5.73. The molecule has 0 aliphatic rings. The molecule has 0 radical (unpaired) electrons. The second-order valence-corrected chi connectivity index (χ2v) is 7.20. The number of carbonyl (C=O) groups is 2. The van der Waals surface area contributed by atoms with Crippen LogP contribution in [0.1, 0.15) is 58.3 Å². The fourth-order valence-electron chi connectivity index (χ4n) is 2.42. The second-order valence-electron chi connectivity index (χ2n) is 7.20. The topological polar surface area (TPSA) is 86.7 Å². The van der Waals surface area contributed by atoms with Crippen LogP contribution in [0.25, 0.3) is 0 Å². The molecule has 136 valence electrons. The van der Waals surface area contributed by atoms with Gasteiger partial charge in [0.1, 0.15) is 6.54 Å². The minimum Gasteiger partial charge on any atom is -0.550 e. The quantitative estimate of drug-likeness (QED) is 0.307. The molecular formula is C17H33NO5. The van der Waals surface area contributed by atoms with Crippen LogP contribution in [0, 0.1) is 0 Å². The van der Waals surface area contributed by atoms with E-state index in [1.807, 2.05) is 21.1 Å².